The van der Waals surface area contributed by atoms with Gasteiger partial charge in [0.15, 0.2) is 11.0 Å². The molecule has 7 heteroatoms. The highest BCUT2D eigenvalue weighted by atomic mass is 32.2. The predicted molar refractivity (Wildman–Crippen MR) is 147 cm³/mol. The highest BCUT2D eigenvalue weighted by Crippen LogP contribution is 2.27. The van der Waals surface area contributed by atoms with Crippen molar-refractivity contribution in [1.82, 2.24) is 20.1 Å². The van der Waals surface area contributed by atoms with Crippen LogP contribution in [-0.4, -0.2) is 20.8 Å². The fraction of sp³-hybridized carbons (Fsp3) is 0.138. The monoisotopic (exact) mass is 493 g/mol. The minimum atomic E-state index is -0.293. The standard InChI is InChI=1S/C29H27N5OS/c1-20-14-16-24(17-15-20)34-27(32-33-29(34)36-19-23-10-4-3-8-21(23)2)18-30-28(35)31-26-13-7-11-22-9-5-6-12-25(22)26/h3-17H,18-19H2,1-2H3,(H2,30,31,35). The minimum Gasteiger partial charge on any atom is -0.331 e. The fourth-order valence-electron chi connectivity index (χ4n) is 4.04. The SMILES string of the molecule is Cc1ccc(-n2c(CNC(=O)Nc3cccc4ccccc34)nnc2SCc2ccccc2C)cc1. The molecule has 0 aliphatic rings. The summed E-state index contributed by atoms with van der Waals surface area (Å²) in [4.78, 5) is 12.8. The van der Waals surface area contributed by atoms with Gasteiger partial charge in [-0.15, -0.1) is 10.2 Å². The number of carbonyl (C=O) groups is 1. The van der Waals surface area contributed by atoms with Crippen molar-refractivity contribution in [2.75, 3.05) is 5.32 Å². The second kappa shape index (κ2) is 10.7. The summed E-state index contributed by atoms with van der Waals surface area (Å²) in [6.45, 7) is 4.41. The van der Waals surface area contributed by atoms with Gasteiger partial charge in [0.05, 0.1) is 12.2 Å². The van der Waals surface area contributed by atoms with E-state index in [1.54, 1.807) is 11.8 Å². The lowest BCUT2D eigenvalue weighted by Gasteiger charge is -2.13. The van der Waals surface area contributed by atoms with Crippen molar-refractivity contribution in [3.8, 4) is 5.69 Å². The highest BCUT2D eigenvalue weighted by molar-refractivity contribution is 7.98. The summed E-state index contributed by atoms with van der Waals surface area (Å²) in [6.07, 6.45) is 0. The van der Waals surface area contributed by atoms with E-state index < -0.39 is 0 Å². The molecular formula is C29H27N5OS. The number of anilines is 1. The summed E-state index contributed by atoms with van der Waals surface area (Å²) in [5.74, 6) is 1.45. The van der Waals surface area contributed by atoms with Gasteiger partial charge in [0.1, 0.15) is 0 Å². The Bertz CT molecular complexity index is 1500. The zero-order valence-corrected chi connectivity index (χ0v) is 21.0. The predicted octanol–water partition coefficient (Wildman–Crippen LogP) is 6.65. The van der Waals surface area contributed by atoms with Crippen molar-refractivity contribution in [3.63, 3.8) is 0 Å². The first-order valence-corrected chi connectivity index (χ1v) is 12.8. The lowest BCUT2D eigenvalue weighted by molar-refractivity contribution is 0.251. The van der Waals surface area contributed by atoms with Crippen LogP contribution in [0, 0.1) is 13.8 Å². The maximum atomic E-state index is 12.8. The van der Waals surface area contributed by atoms with Gasteiger partial charge in [0, 0.05) is 16.8 Å². The fourth-order valence-corrected chi connectivity index (χ4v) is 5.08. The summed E-state index contributed by atoms with van der Waals surface area (Å²) in [6, 6.07) is 30.1. The molecule has 0 unspecified atom stereocenters. The maximum Gasteiger partial charge on any atom is 0.319 e. The number of aromatic nitrogens is 3. The Labute approximate surface area is 214 Å². The van der Waals surface area contributed by atoms with Crippen molar-refractivity contribution in [2.45, 2.75) is 31.3 Å². The molecule has 1 aromatic heterocycles. The number of hydrogen-bond donors (Lipinski definition) is 2. The Kier molecular flexibility index (Phi) is 7.00. The first-order valence-electron chi connectivity index (χ1n) is 11.8. The summed E-state index contributed by atoms with van der Waals surface area (Å²) < 4.78 is 2.01. The number of nitrogens with one attached hydrogen (secondary N) is 2. The van der Waals surface area contributed by atoms with Gasteiger partial charge < -0.3 is 10.6 Å². The number of benzene rings is 4. The van der Waals surface area contributed by atoms with Gasteiger partial charge in [-0.3, -0.25) is 4.57 Å². The molecule has 0 bridgehead atoms. The quantitative estimate of drug-likeness (QED) is 0.249. The molecule has 2 N–H and O–H groups in total. The number of hydrogen-bond acceptors (Lipinski definition) is 4. The molecule has 0 radical (unpaired) electrons. The summed E-state index contributed by atoms with van der Waals surface area (Å²) >= 11 is 1.63. The van der Waals surface area contributed by atoms with Crippen LogP contribution in [-0.2, 0) is 12.3 Å². The molecule has 0 spiro atoms. The Hall–Kier alpha value is -4.10. The van der Waals surface area contributed by atoms with Gasteiger partial charge in [0.2, 0.25) is 0 Å². The first kappa shape index (κ1) is 23.6. The summed E-state index contributed by atoms with van der Waals surface area (Å²) in [5, 5.41) is 17.7. The van der Waals surface area contributed by atoms with Crippen molar-refractivity contribution in [3.05, 3.63) is 114 Å². The number of nitrogens with zero attached hydrogens (tertiary/aromatic N) is 3. The second-order valence-electron chi connectivity index (χ2n) is 8.62. The topological polar surface area (TPSA) is 71.8 Å². The molecule has 2 amide bonds. The van der Waals surface area contributed by atoms with Gasteiger partial charge >= 0.3 is 6.03 Å². The third-order valence-electron chi connectivity index (χ3n) is 6.06. The lowest BCUT2D eigenvalue weighted by Crippen LogP contribution is -2.29. The number of urea groups is 1. The van der Waals surface area contributed by atoms with Gasteiger partial charge in [-0.1, -0.05) is 90.1 Å². The largest absolute Gasteiger partial charge is 0.331 e. The molecule has 36 heavy (non-hydrogen) atoms. The number of thioether (sulfide) groups is 1. The third kappa shape index (κ3) is 5.26. The molecule has 0 saturated heterocycles. The van der Waals surface area contributed by atoms with Crippen LogP contribution >= 0.6 is 11.8 Å². The molecule has 0 fully saturated rings. The van der Waals surface area contributed by atoms with Crippen LogP contribution in [0.4, 0.5) is 10.5 Å². The van der Waals surface area contributed by atoms with E-state index in [-0.39, 0.29) is 12.6 Å². The van der Waals surface area contributed by atoms with Crippen LogP contribution in [0.1, 0.15) is 22.5 Å². The molecule has 5 aromatic rings. The van der Waals surface area contributed by atoms with Crippen LogP contribution in [0.3, 0.4) is 0 Å². The lowest BCUT2D eigenvalue weighted by atomic mass is 10.1. The molecule has 0 aliphatic heterocycles. The molecule has 6 nitrogen and oxygen atoms in total. The smallest absolute Gasteiger partial charge is 0.319 e. The molecule has 4 aromatic carbocycles. The van der Waals surface area contributed by atoms with Gasteiger partial charge in [0.25, 0.3) is 0 Å². The van der Waals surface area contributed by atoms with E-state index in [1.165, 1.54) is 16.7 Å². The number of rotatable bonds is 7. The highest BCUT2D eigenvalue weighted by Gasteiger charge is 2.16. The normalized spacial score (nSPS) is 10.9. The molecule has 0 aliphatic carbocycles. The molecule has 5 rings (SSSR count). The van der Waals surface area contributed by atoms with E-state index in [0.29, 0.717) is 5.82 Å². The van der Waals surface area contributed by atoms with Crippen molar-refractivity contribution in [2.24, 2.45) is 0 Å². The van der Waals surface area contributed by atoms with E-state index >= 15 is 0 Å². The van der Waals surface area contributed by atoms with Crippen LogP contribution in [0.2, 0.25) is 0 Å². The van der Waals surface area contributed by atoms with Crippen LogP contribution < -0.4 is 10.6 Å². The van der Waals surface area contributed by atoms with Crippen molar-refractivity contribution in [1.29, 1.82) is 0 Å². The van der Waals surface area contributed by atoms with E-state index in [9.17, 15) is 4.79 Å². The van der Waals surface area contributed by atoms with E-state index in [4.69, 9.17) is 0 Å². The number of carbonyl (C=O) groups excluding carboxylic acids is 1. The van der Waals surface area contributed by atoms with Gasteiger partial charge in [-0.2, -0.15) is 0 Å². The average Bonchev–Trinajstić information content (AvgIpc) is 3.30. The first-order chi connectivity index (χ1) is 17.6. The molecule has 0 saturated carbocycles. The Balaban J connectivity index is 1.35. The maximum absolute atomic E-state index is 12.8. The van der Waals surface area contributed by atoms with Crippen LogP contribution in [0.5, 0.6) is 0 Å². The van der Waals surface area contributed by atoms with E-state index in [1.807, 2.05) is 53.1 Å². The van der Waals surface area contributed by atoms with E-state index in [2.05, 4.69) is 77.1 Å². The van der Waals surface area contributed by atoms with Crippen molar-refractivity contribution < 1.29 is 4.79 Å². The van der Waals surface area contributed by atoms with Crippen LogP contribution in [0.15, 0.2) is 96.2 Å². The Morgan fingerprint density at radius 3 is 2.44 bits per heavy atom. The minimum absolute atomic E-state index is 0.238. The molecule has 1 heterocycles. The summed E-state index contributed by atoms with van der Waals surface area (Å²) in [5.41, 5.74) is 5.41. The van der Waals surface area contributed by atoms with Gasteiger partial charge in [-0.25, -0.2) is 4.79 Å². The third-order valence-corrected chi connectivity index (χ3v) is 7.03. The van der Waals surface area contributed by atoms with Crippen LogP contribution in [0.25, 0.3) is 16.5 Å². The number of aryl methyl sites for hydroxylation is 2. The van der Waals surface area contributed by atoms with Crippen molar-refractivity contribution >= 4 is 34.3 Å². The van der Waals surface area contributed by atoms with E-state index in [0.717, 1.165) is 33.1 Å². The molecule has 180 valence electrons. The molecule has 0 atom stereocenters. The Morgan fingerprint density at radius 2 is 1.61 bits per heavy atom. The van der Waals surface area contributed by atoms with Gasteiger partial charge in [-0.05, 0) is 48.6 Å². The number of fused-ring (bicyclic) bond motifs is 1. The zero-order valence-electron chi connectivity index (χ0n) is 20.2. The zero-order chi connectivity index (χ0) is 24.9. The molecular weight excluding hydrogens is 466 g/mol. The number of amides is 2. The second-order valence-corrected chi connectivity index (χ2v) is 9.56. The Morgan fingerprint density at radius 1 is 0.861 bits per heavy atom. The average molecular weight is 494 g/mol. The summed E-state index contributed by atoms with van der Waals surface area (Å²) in [7, 11) is 0.